The van der Waals surface area contributed by atoms with Crippen LogP contribution in [-0.2, 0) is 28.7 Å². The van der Waals surface area contributed by atoms with Gasteiger partial charge in [-0.2, -0.15) is 0 Å². The summed E-state index contributed by atoms with van der Waals surface area (Å²) < 4.78 is 25.0. The molecule has 2 heterocycles. The summed E-state index contributed by atoms with van der Waals surface area (Å²) in [4.78, 5) is 47.0. The van der Waals surface area contributed by atoms with Crippen LogP contribution in [0.3, 0.4) is 0 Å². The molecule has 3 rings (SSSR count). The van der Waals surface area contributed by atoms with Gasteiger partial charge in [-0.1, -0.05) is 18.2 Å². The van der Waals surface area contributed by atoms with E-state index in [1.807, 2.05) is 0 Å². The second-order valence-electron chi connectivity index (χ2n) is 7.32. The smallest absolute Gasteiger partial charge is 0.341 e. The Hall–Kier alpha value is -3.33. The molecule has 2 aliphatic heterocycles. The Labute approximate surface area is 178 Å². The Morgan fingerprint density at radius 3 is 2.68 bits per heavy atom. The predicted molar refractivity (Wildman–Crippen MR) is 108 cm³/mol. The van der Waals surface area contributed by atoms with Crippen molar-refractivity contribution in [3.05, 3.63) is 52.4 Å². The number of amides is 1. The number of ether oxygens (including phenoxy) is 2. The van der Waals surface area contributed by atoms with Gasteiger partial charge in [0.05, 0.1) is 11.6 Å². The molecule has 0 saturated heterocycles. The van der Waals surface area contributed by atoms with Crippen LogP contribution in [0, 0.1) is 5.82 Å². The lowest BCUT2D eigenvalue weighted by molar-refractivity contribution is -0.145. The third-order valence-electron chi connectivity index (χ3n) is 5.05. The number of nitrogens with one attached hydrogen (secondary N) is 2. The Morgan fingerprint density at radius 2 is 2.03 bits per heavy atom. The van der Waals surface area contributed by atoms with Gasteiger partial charge in [0.2, 0.25) is 5.91 Å². The molecule has 0 radical (unpaired) electrons. The molecule has 0 spiro atoms. The molecule has 2 N–H and O–H groups in total. The average molecular weight is 430 g/mol. The molecular weight excluding hydrogens is 407 g/mol. The maximum absolute atomic E-state index is 15.1. The van der Waals surface area contributed by atoms with Gasteiger partial charge in [-0.3, -0.25) is 14.4 Å². The summed E-state index contributed by atoms with van der Waals surface area (Å²) in [7, 11) is 0. The van der Waals surface area contributed by atoms with Crippen molar-refractivity contribution in [3.8, 4) is 0 Å². The number of carbonyl (C=O) groups is 4. The average Bonchev–Trinajstić information content (AvgIpc) is 2.98. The zero-order valence-electron chi connectivity index (χ0n) is 17.4. The van der Waals surface area contributed by atoms with Crippen molar-refractivity contribution in [2.75, 3.05) is 13.2 Å². The maximum Gasteiger partial charge on any atom is 0.341 e. The van der Waals surface area contributed by atoms with Crippen LogP contribution < -0.4 is 10.6 Å². The number of benzene rings is 1. The minimum Gasteiger partial charge on any atom is -0.457 e. The number of ketones is 1. The fraction of sp³-hybridized carbons (Fsp3) is 0.364. The summed E-state index contributed by atoms with van der Waals surface area (Å²) >= 11 is 0. The van der Waals surface area contributed by atoms with Gasteiger partial charge in [-0.05, 0) is 31.5 Å². The molecule has 1 amide bonds. The second kappa shape index (κ2) is 9.22. The van der Waals surface area contributed by atoms with Crippen LogP contribution in [0.5, 0.6) is 0 Å². The summed E-state index contributed by atoms with van der Waals surface area (Å²) in [5.41, 5.74) is 1.52. The highest BCUT2D eigenvalue weighted by atomic mass is 19.1. The molecule has 0 saturated carbocycles. The Kier molecular flexibility index (Phi) is 6.65. The monoisotopic (exact) mass is 430 g/mol. The quantitative estimate of drug-likeness (QED) is 0.661. The van der Waals surface area contributed by atoms with Gasteiger partial charge >= 0.3 is 11.9 Å². The van der Waals surface area contributed by atoms with Crippen LogP contribution in [0.4, 0.5) is 4.39 Å². The fourth-order valence-electron chi connectivity index (χ4n) is 3.62. The number of hydrogen-bond acceptors (Lipinski definition) is 7. The number of rotatable bonds is 6. The van der Waals surface area contributed by atoms with E-state index >= 15 is 4.39 Å². The van der Waals surface area contributed by atoms with Gasteiger partial charge in [-0.25, -0.2) is 9.18 Å². The third kappa shape index (κ3) is 4.88. The molecule has 0 fully saturated rings. The standard InChI is InChI=1S/C22H23FN2O6/c1-11-19(22(29)31-21(11)25-12(2)26)14-6-7-15(17(23)9-14)20-16(5-4-8-24-20)18(28)10-30-13(3)27/h5-7,9,20-21,24H,4,8,10H2,1-3H3,(H,25,26)/t20?,21-/m1/s1. The first-order chi connectivity index (χ1) is 14.7. The van der Waals surface area contributed by atoms with Crippen molar-refractivity contribution in [2.45, 2.75) is 39.5 Å². The van der Waals surface area contributed by atoms with Gasteiger partial charge in [0.1, 0.15) is 5.82 Å². The predicted octanol–water partition coefficient (Wildman–Crippen LogP) is 1.71. The minimum absolute atomic E-state index is 0.183. The molecule has 1 aromatic carbocycles. The second-order valence-corrected chi connectivity index (χ2v) is 7.32. The molecule has 2 atom stereocenters. The molecule has 8 nitrogen and oxygen atoms in total. The maximum atomic E-state index is 15.1. The number of Topliss-reactive ketones (excluding diaryl/α,β-unsaturated/α-hetero) is 1. The number of halogens is 1. The van der Waals surface area contributed by atoms with Crippen molar-refractivity contribution in [3.63, 3.8) is 0 Å². The van der Waals surface area contributed by atoms with E-state index in [0.29, 0.717) is 29.7 Å². The van der Waals surface area contributed by atoms with Crippen LogP contribution in [0.1, 0.15) is 44.4 Å². The summed E-state index contributed by atoms with van der Waals surface area (Å²) in [5.74, 6) is -2.61. The fourth-order valence-corrected chi connectivity index (χ4v) is 3.62. The van der Waals surface area contributed by atoms with Gasteiger partial charge < -0.3 is 20.1 Å². The first-order valence-electron chi connectivity index (χ1n) is 9.77. The molecule has 0 aliphatic carbocycles. The highest BCUT2D eigenvalue weighted by molar-refractivity contribution is 6.19. The van der Waals surface area contributed by atoms with E-state index in [4.69, 9.17) is 9.47 Å². The van der Waals surface area contributed by atoms with Crippen molar-refractivity contribution >= 4 is 29.2 Å². The molecule has 2 aliphatic rings. The van der Waals surface area contributed by atoms with E-state index in [2.05, 4.69) is 10.6 Å². The molecule has 1 unspecified atom stereocenters. The first-order valence-corrected chi connectivity index (χ1v) is 9.77. The zero-order valence-corrected chi connectivity index (χ0v) is 17.4. The topological polar surface area (TPSA) is 111 Å². The van der Waals surface area contributed by atoms with Crippen molar-refractivity contribution < 1.29 is 33.0 Å². The largest absolute Gasteiger partial charge is 0.457 e. The van der Waals surface area contributed by atoms with Crippen LogP contribution in [-0.4, -0.2) is 43.0 Å². The normalized spacial score (nSPS) is 20.8. The van der Waals surface area contributed by atoms with E-state index in [0.717, 1.165) is 0 Å². The van der Waals surface area contributed by atoms with Crippen LogP contribution in [0.2, 0.25) is 0 Å². The molecule has 0 aromatic heterocycles. The molecular formula is C22H23FN2O6. The van der Waals surface area contributed by atoms with E-state index in [-0.39, 0.29) is 17.0 Å². The molecule has 1 aromatic rings. The first kappa shape index (κ1) is 22.4. The Balaban J connectivity index is 1.89. The van der Waals surface area contributed by atoms with E-state index < -0.39 is 42.4 Å². The van der Waals surface area contributed by atoms with E-state index in [1.54, 1.807) is 19.1 Å². The molecule has 9 heteroatoms. The van der Waals surface area contributed by atoms with Gasteiger partial charge in [-0.15, -0.1) is 0 Å². The van der Waals surface area contributed by atoms with Gasteiger partial charge in [0.25, 0.3) is 0 Å². The van der Waals surface area contributed by atoms with Crippen molar-refractivity contribution in [1.29, 1.82) is 0 Å². The molecule has 164 valence electrons. The Bertz CT molecular complexity index is 1010. The summed E-state index contributed by atoms with van der Waals surface area (Å²) in [6.45, 7) is 4.27. The number of cyclic esters (lactones) is 1. The van der Waals surface area contributed by atoms with Gasteiger partial charge in [0.15, 0.2) is 18.6 Å². The summed E-state index contributed by atoms with van der Waals surface area (Å²) in [6, 6.07) is 3.57. The number of hydrogen-bond donors (Lipinski definition) is 2. The highest BCUT2D eigenvalue weighted by Gasteiger charge is 2.34. The number of carbonyl (C=O) groups excluding carboxylic acids is 4. The highest BCUT2D eigenvalue weighted by Crippen LogP contribution is 2.33. The van der Waals surface area contributed by atoms with E-state index in [1.165, 1.54) is 26.0 Å². The minimum atomic E-state index is -0.892. The van der Waals surface area contributed by atoms with Crippen molar-refractivity contribution in [2.24, 2.45) is 0 Å². The van der Waals surface area contributed by atoms with Crippen LogP contribution >= 0.6 is 0 Å². The molecule has 31 heavy (non-hydrogen) atoms. The van der Waals surface area contributed by atoms with Gasteiger partial charge in [0, 0.05) is 30.6 Å². The van der Waals surface area contributed by atoms with E-state index in [9.17, 15) is 19.2 Å². The Morgan fingerprint density at radius 1 is 1.29 bits per heavy atom. The van der Waals surface area contributed by atoms with Crippen molar-refractivity contribution in [1.82, 2.24) is 10.6 Å². The summed E-state index contributed by atoms with van der Waals surface area (Å²) in [6.07, 6.45) is 1.40. The lowest BCUT2D eigenvalue weighted by Crippen LogP contribution is -2.34. The SMILES string of the molecule is CC(=O)N[C@@H]1OC(=O)C(c2ccc(C3NCCC=C3C(=O)COC(C)=O)c(F)c2)=C1C. The lowest BCUT2D eigenvalue weighted by atomic mass is 9.90. The van der Waals surface area contributed by atoms with Crippen LogP contribution in [0.25, 0.3) is 5.57 Å². The van der Waals surface area contributed by atoms with Crippen LogP contribution in [0.15, 0.2) is 35.4 Å². The summed E-state index contributed by atoms with van der Waals surface area (Å²) in [5, 5.41) is 5.62. The lowest BCUT2D eigenvalue weighted by Gasteiger charge is -2.26. The molecule has 0 bridgehead atoms. The third-order valence-corrected chi connectivity index (χ3v) is 5.05. The zero-order chi connectivity index (χ0) is 22.7. The number of esters is 2.